The van der Waals surface area contributed by atoms with Gasteiger partial charge in [-0.25, -0.2) is 8.42 Å². The summed E-state index contributed by atoms with van der Waals surface area (Å²) < 4.78 is 29.0. The molecule has 0 bridgehead atoms. The third-order valence-electron chi connectivity index (χ3n) is 3.83. The fourth-order valence-corrected chi connectivity index (χ4v) is 4.22. The number of anilines is 1. The predicted octanol–water partition coefficient (Wildman–Crippen LogP) is 1.03. The molecular weight excluding hydrogens is 288 g/mol. The van der Waals surface area contributed by atoms with Crippen LogP contribution in [0.2, 0.25) is 0 Å². The highest BCUT2D eigenvalue weighted by Gasteiger charge is 2.30. The van der Waals surface area contributed by atoms with Crippen molar-refractivity contribution in [2.24, 2.45) is 7.05 Å². The SMILES string of the molecule is Cc1c(S(=O)(=O)N2CCNCc3ccccc32)cnn1C. The zero-order chi connectivity index (χ0) is 15.0. The van der Waals surface area contributed by atoms with E-state index >= 15 is 0 Å². The topological polar surface area (TPSA) is 67.2 Å². The average Bonchev–Trinajstić information content (AvgIpc) is 2.70. The number of aromatic nitrogens is 2. The molecule has 1 aliphatic heterocycles. The zero-order valence-corrected chi connectivity index (χ0v) is 12.9. The summed E-state index contributed by atoms with van der Waals surface area (Å²) in [4.78, 5) is 0.265. The first-order valence-electron chi connectivity index (χ1n) is 6.82. The van der Waals surface area contributed by atoms with Crippen molar-refractivity contribution in [1.82, 2.24) is 15.1 Å². The van der Waals surface area contributed by atoms with E-state index in [1.807, 2.05) is 24.3 Å². The summed E-state index contributed by atoms with van der Waals surface area (Å²) in [7, 11) is -1.86. The molecule has 0 unspecified atom stereocenters. The normalized spacial score (nSPS) is 15.6. The van der Waals surface area contributed by atoms with Gasteiger partial charge in [-0.1, -0.05) is 18.2 Å². The monoisotopic (exact) mass is 306 g/mol. The fourth-order valence-electron chi connectivity index (χ4n) is 2.53. The summed E-state index contributed by atoms with van der Waals surface area (Å²) in [5.41, 5.74) is 2.37. The molecule has 112 valence electrons. The van der Waals surface area contributed by atoms with Gasteiger partial charge in [-0.3, -0.25) is 8.99 Å². The summed E-state index contributed by atoms with van der Waals surface area (Å²) >= 11 is 0. The van der Waals surface area contributed by atoms with Gasteiger partial charge < -0.3 is 5.32 Å². The fraction of sp³-hybridized carbons (Fsp3) is 0.357. The Morgan fingerprint density at radius 3 is 2.76 bits per heavy atom. The van der Waals surface area contributed by atoms with Crippen molar-refractivity contribution in [3.63, 3.8) is 0 Å². The average molecular weight is 306 g/mol. The van der Waals surface area contributed by atoms with Gasteiger partial charge in [0, 0.05) is 26.7 Å². The van der Waals surface area contributed by atoms with Crippen molar-refractivity contribution in [3.05, 3.63) is 41.7 Å². The molecule has 2 aromatic rings. The lowest BCUT2D eigenvalue weighted by molar-refractivity contribution is 0.588. The van der Waals surface area contributed by atoms with Crippen LogP contribution in [0.3, 0.4) is 0 Å². The summed E-state index contributed by atoms with van der Waals surface area (Å²) in [6, 6.07) is 7.59. The van der Waals surface area contributed by atoms with E-state index in [4.69, 9.17) is 0 Å². The Morgan fingerprint density at radius 2 is 2.05 bits per heavy atom. The summed E-state index contributed by atoms with van der Waals surface area (Å²) in [5.74, 6) is 0. The van der Waals surface area contributed by atoms with E-state index in [1.54, 1.807) is 18.7 Å². The van der Waals surface area contributed by atoms with Crippen molar-refractivity contribution < 1.29 is 8.42 Å². The largest absolute Gasteiger partial charge is 0.311 e. The van der Waals surface area contributed by atoms with E-state index < -0.39 is 10.0 Å². The summed E-state index contributed by atoms with van der Waals surface area (Å²) in [6.45, 7) is 3.47. The van der Waals surface area contributed by atoms with Crippen LogP contribution in [0.4, 0.5) is 5.69 Å². The molecule has 21 heavy (non-hydrogen) atoms. The van der Waals surface area contributed by atoms with Crippen LogP contribution >= 0.6 is 0 Å². The Bertz CT molecular complexity index is 767. The lowest BCUT2D eigenvalue weighted by atomic mass is 10.2. The Morgan fingerprint density at radius 1 is 1.29 bits per heavy atom. The molecule has 1 aromatic heterocycles. The van der Waals surface area contributed by atoms with Gasteiger partial charge in [-0.2, -0.15) is 5.10 Å². The molecule has 1 N–H and O–H groups in total. The number of hydrogen-bond acceptors (Lipinski definition) is 4. The van der Waals surface area contributed by atoms with Crippen molar-refractivity contribution in [2.75, 3.05) is 17.4 Å². The Hall–Kier alpha value is -1.86. The molecule has 0 aliphatic carbocycles. The number of nitrogens with one attached hydrogen (secondary N) is 1. The first kappa shape index (κ1) is 14.1. The Kier molecular flexibility index (Phi) is 3.46. The van der Waals surface area contributed by atoms with Crippen LogP contribution in [-0.4, -0.2) is 31.3 Å². The maximum absolute atomic E-state index is 13.0. The lowest BCUT2D eigenvalue weighted by Gasteiger charge is -2.23. The number of fused-ring (bicyclic) bond motifs is 1. The first-order valence-corrected chi connectivity index (χ1v) is 8.26. The Labute approximate surface area is 124 Å². The minimum absolute atomic E-state index is 0.265. The van der Waals surface area contributed by atoms with E-state index in [2.05, 4.69) is 10.4 Å². The van der Waals surface area contributed by atoms with E-state index in [0.717, 1.165) is 11.3 Å². The number of hydrogen-bond donors (Lipinski definition) is 1. The number of para-hydroxylation sites is 1. The molecule has 0 amide bonds. The van der Waals surface area contributed by atoms with Crippen LogP contribution < -0.4 is 9.62 Å². The van der Waals surface area contributed by atoms with Gasteiger partial charge >= 0.3 is 0 Å². The molecule has 0 spiro atoms. The molecule has 3 rings (SSSR count). The molecule has 0 fully saturated rings. The van der Waals surface area contributed by atoms with Crippen LogP contribution in [0, 0.1) is 6.92 Å². The summed E-state index contributed by atoms with van der Waals surface area (Å²) in [5, 5.41) is 7.30. The second-order valence-electron chi connectivity index (χ2n) is 5.10. The molecule has 0 radical (unpaired) electrons. The van der Waals surface area contributed by atoms with Gasteiger partial charge in [0.05, 0.1) is 17.6 Å². The second kappa shape index (κ2) is 5.16. The number of aryl methyl sites for hydroxylation is 1. The molecule has 0 saturated carbocycles. The van der Waals surface area contributed by atoms with Crippen LogP contribution in [-0.2, 0) is 23.6 Å². The Balaban J connectivity index is 2.13. The molecule has 2 heterocycles. The van der Waals surface area contributed by atoms with Crippen molar-refractivity contribution in [2.45, 2.75) is 18.4 Å². The van der Waals surface area contributed by atoms with Crippen molar-refractivity contribution >= 4 is 15.7 Å². The van der Waals surface area contributed by atoms with E-state index in [9.17, 15) is 8.42 Å². The number of sulfonamides is 1. The van der Waals surface area contributed by atoms with Crippen LogP contribution in [0.25, 0.3) is 0 Å². The molecule has 6 nitrogen and oxygen atoms in total. The maximum Gasteiger partial charge on any atom is 0.267 e. The number of rotatable bonds is 2. The quantitative estimate of drug-likeness (QED) is 0.900. The van der Waals surface area contributed by atoms with Gasteiger partial charge in [0.25, 0.3) is 10.0 Å². The molecule has 1 aliphatic rings. The highest BCUT2D eigenvalue weighted by Crippen LogP contribution is 2.29. The minimum atomic E-state index is -3.60. The highest BCUT2D eigenvalue weighted by molar-refractivity contribution is 7.92. The van der Waals surface area contributed by atoms with Crippen LogP contribution in [0.5, 0.6) is 0 Å². The van der Waals surface area contributed by atoms with E-state index in [0.29, 0.717) is 25.3 Å². The molecule has 7 heteroatoms. The van der Waals surface area contributed by atoms with Crippen molar-refractivity contribution in [1.29, 1.82) is 0 Å². The lowest BCUT2D eigenvalue weighted by Crippen LogP contribution is -2.35. The molecular formula is C14H18N4O2S. The maximum atomic E-state index is 13.0. The number of nitrogens with zero attached hydrogens (tertiary/aromatic N) is 3. The van der Waals surface area contributed by atoms with E-state index in [-0.39, 0.29) is 4.90 Å². The minimum Gasteiger partial charge on any atom is -0.311 e. The van der Waals surface area contributed by atoms with Crippen LogP contribution in [0.1, 0.15) is 11.3 Å². The third kappa shape index (κ3) is 2.32. The van der Waals surface area contributed by atoms with E-state index in [1.165, 1.54) is 10.5 Å². The van der Waals surface area contributed by atoms with Crippen LogP contribution in [0.15, 0.2) is 35.4 Å². The van der Waals surface area contributed by atoms with Gasteiger partial charge in [0.15, 0.2) is 0 Å². The van der Waals surface area contributed by atoms with Gasteiger partial charge in [-0.15, -0.1) is 0 Å². The van der Waals surface area contributed by atoms with Gasteiger partial charge in [0.1, 0.15) is 4.90 Å². The van der Waals surface area contributed by atoms with Crippen molar-refractivity contribution in [3.8, 4) is 0 Å². The molecule has 0 atom stereocenters. The van der Waals surface area contributed by atoms with Gasteiger partial charge in [-0.05, 0) is 18.6 Å². The smallest absolute Gasteiger partial charge is 0.267 e. The number of benzene rings is 1. The third-order valence-corrected chi connectivity index (χ3v) is 5.74. The molecule has 0 saturated heterocycles. The standard InChI is InChI=1S/C14H18N4O2S/c1-11-14(10-16-17(11)2)21(19,20)18-8-7-15-9-12-5-3-4-6-13(12)18/h3-6,10,15H,7-9H2,1-2H3. The predicted molar refractivity (Wildman–Crippen MR) is 80.6 cm³/mol. The summed E-state index contributed by atoms with van der Waals surface area (Å²) in [6.07, 6.45) is 1.42. The first-order chi connectivity index (χ1) is 10.0. The second-order valence-corrected chi connectivity index (χ2v) is 6.93. The van der Waals surface area contributed by atoms with Gasteiger partial charge in [0.2, 0.25) is 0 Å². The highest BCUT2D eigenvalue weighted by atomic mass is 32.2. The molecule has 1 aromatic carbocycles. The zero-order valence-electron chi connectivity index (χ0n) is 12.1.